The zero-order valence-electron chi connectivity index (χ0n) is 18.0. The summed E-state index contributed by atoms with van der Waals surface area (Å²) in [6.07, 6.45) is 2.41. The monoisotopic (exact) mass is 426 g/mol. The van der Waals surface area contributed by atoms with Gasteiger partial charge in [-0.15, -0.1) is 0 Å². The Morgan fingerprint density at radius 2 is 1.56 bits per heavy atom. The van der Waals surface area contributed by atoms with E-state index in [2.05, 4.69) is 10.3 Å². The highest BCUT2D eigenvalue weighted by Crippen LogP contribution is 2.24. The minimum absolute atomic E-state index is 0.0523. The molecule has 0 saturated heterocycles. The average Bonchev–Trinajstić information content (AvgIpc) is 3.32. The molecule has 0 aliphatic rings. The van der Waals surface area contributed by atoms with Crippen LogP contribution in [0.3, 0.4) is 0 Å². The van der Waals surface area contributed by atoms with Gasteiger partial charge in [0.05, 0.1) is 18.8 Å². The molecule has 0 aliphatic carbocycles. The number of amides is 1. The van der Waals surface area contributed by atoms with Crippen LogP contribution in [-0.4, -0.2) is 17.5 Å². The smallest absolute Gasteiger partial charge is 0.221 e. The number of nitrogens with zero attached hydrogens (tertiary/aromatic N) is 1. The van der Waals surface area contributed by atoms with E-state index in [1.807, 2.05) is 91.9 Å². The molecule has 1 aromatic heterocycles. The number of aromatic nitrogens is 1. The van der Waals surface area contributed by atoms with Crippen molar-refractivity contribution in [2.24, 2.45) is 0 Å². The van der Waals surface area contributed by atoms with Gasteiger partial charge in [-0.2, -0.15) is 0 Å². The van der Waals surface area contributed by atoms with Gasteiger partial charge in [-0.05, 0) is 42.3 Å². The minimum atomic E-state index is -0.200. The molecular formula is C27H26N2O3. The lowest BCUT2D eigenvalue weighted by molar-refractivity contribution is -0.121. The van der Waals surface area contributed by atoms with E-state index in [-0.39, 0.29) is 11.9 Å². The number of hydrogen-bond donors (Lipinski definition) is 1. The summed E-state index contributed by atoms with van der Waals surface area (Å²) in [5.41, 5.74) is 3.01. The molecule has 0 aliphatic heterocycles. The second-order valence-corrected chi connectivity index (χ2v) is 7.40. The van der Waals surface area contributed by atoms with Crippen LogP contribution in [-0.2, 0) is 11.2 Å². The summed E-state index contributed by atoms with van der Waals surface area (Å²) in [5.74, 6) is 1.98. The van der Waals surface area contributed by atoms with Crippen LogP contribution in [0.5, 0.6) is 5.75 Å². The van der Waals surface area contributed by atoms with Crippen LogP contribution in [0.1, 0.15) is 36.4 Å². The summed E-state index contributed by atoms with van der Waals surface area (Å²) < 4.78 is 11.3. The molecule has 0 bridgehead atoms. The summed E-state index contributed by atoms with van der Waals surface area (Å²) in [6.45, 7) is 2.58. The summed E-state index contributed by atoms with van der Waals surface area (Å²) >= 11 is 0. The number of ether oxygens (including phenoxy) is 1. The zero-order valence-corrected chi connectivity index (χ0v) is 18.0. The molecule has 0 spiro atoms. The molecule has 5 heteroatoms. The molecule has 1 N–H and O–H groups in total. The van der Waals surface area contributed by atoms with Gasteiger partial charge in [0.15, 0.2) is 11.7 Å². The van der Waals surface area contributed by atoms with Gasteiger partial charge in [0, 0.05) is 18.4 Å². The molecule has 5 nitrogen and oxygen atoms in total. The Hall–Kier alpha value is -3.86. The Balaban J connectivity index is 1.39. The van der Waals surface area contributed by atoms with Crippen LogP contribution in [0.4, 0.5) is 0 Å². The third kappa shape index (κ3) is 5.43. The van der Waals surface area contributed by atoms with E-state index in [0.717, 1.165) is 22.4 Å². The first-order chi connectivity index (χ1) is 15.7. The van der Waals surface area contributed by atoms with Crippen LogP contribution in [0.2, 0.25) is 0 Å². The zero-order chi connectivity index (χ0) is 22.2. The van der Waals surface area contributed by atoms with Gasteiger partial charge in [0.25, 0.3) is 0 Å². The number of benzene rings is 3. The standard InChI is InChI=1S/C27H26N2O3/c1-2-31-23-15-13-20(14-16-23)24-19-28-26(32-24)18-17-25(30)29-27(21-9-5-3-6-10-21)22-11-7-4-8-12-22/h3-16,19,27H,2,17-18H2,1H3,(H,29,30). The first-order valence-corrected chi connectivity index (χ1v) is 10.8. The SMILES string of the molecule is CCOc1ccc(-c2cnc(CCC(=O)NC(c3ccccc3)c3ccccc3)o2)cc1. The Morgan fingerprint density at radius 1 is 0.938 bits per heavy atom. The van der Waals surface area contributed by atoms with Crippen molar-refractivity contribution in [3.05, 3.63) is 108 Å². The predicted octanol–water partition coefficient (Wildman–Crippen LogP) is 5.58. The van der Waals surface area contributed by atoms with E-state index in [1.54, 1.807) is 6.20 Å². The number of aryl methyl sites for hydroxylation is 1. The lowest BCUT2D eigenvalue weighted by atomic mass is 9.98. The Kier molecular flexibility index (Phi) is 6.98. The minimum Gasteiger partial charge on any atom is -0.494 e. The molecule has 1 heterocycles. The van der Waals surface area contributed by atoms with Crippen molar-refractivity contribution in [1.29, 1.82) is 0 Å². The van der Waals surface area contributed by atoms with Crippen molar-refractivity contribution >= 4 is 5.91 Å². The maximum atomic E-state index is 12.8. The van der Waals surface area contributed by atoms with Gasteiger partial charge in [-0.25, -0.2) is 4.98 Å². The Labute approximate surface area is 188 Å². The largest absolute Gasteiger partial charge is 0.494 e. The van der Waals surface area contributed by atoms with E-state index in [1.165, 1.54) is 0 Å². The van der Waals surface area contributed by atoms with Gasteiger partial charge in [0.1, 0.15) is 5.75 Å². The van der Waals surface area contributed by atoms with Crippen molar-refractivity contribution in [1.82, 2.24) is 10.3 Å². The number of rotatable bonds is 9. The van der Waals surface area contributed by atoms with Crippen molar-refractivity contribution in [3.63, 3.8) is 0 Å². The van der Waals surface area contributed by atoms with Gasteiger partial charge >= 0.3 is 0 Å². The molecule has 162 valence electrons. The van der Waals surface area contributed by atoms with E-state index < -0.39 is 0 Å². The Morgan fingerprint density at radius 3 is 2.16 bits per heavy atom. The van der Waals surface area contributed by atoms with Crippen LogP contribution >= 0.6 is 0 Å². The van der Waals surface area contributed by atoms with Gasteiger partial charge < -0.3 is 14.5 Å². The first kappa shape index (κ1) is 21.4. The molecule has 0 atom stereocenters. The quantitative estimate of drug-likeness (QED) is 0.380. The molecule has 3 aromatic carbocycles. The normalized spacial score (nSPS) is 10.8. The maximum Gasteiger partial charge on any atom is 0.221 e. The fourth-order valence-corrected chi connectivity index (χ4v) is 3.55. The third-order valence-corrected chi connectivity index (χ3v) is 5.14. The second kappa shape index (κ2) is 10.4. The fraction of sp³-hybridized carbons (Fsp3) is 0.185. The van der Waals surface area contributed by atoms with E-state index in [4.69, 9.17) is 9.15 Å². The number of hydrogen-bond acceptors (Lipinski definition) is 4. The molecule has 32 heavy (non-hydrogen) atoms. The van der Waals surface area contributed by atoms with Crippen molar-refractivity contribution in [2.75, 3.05) is 6.61 Å². The van der Waals surface area contributed by atoms with E-state index in [9.17, 15) is 4.79 Å². The molecule has 0 radical (unpaired) electrons. The average molecular weight is 427 g/mol. The van der Waals surface area contributed by atoms with E-state index in [0.29, 0.717) is 31.1 Å². The second-order valence-electron chi connectivity index (χ2n) is 7.40. The maximum absolute atomic E-state index is 12.8. The molecule has 1 amide bonds. The summed E-state index contributed by atoms with van der Waals surface area (Å²) in [6, 6.07) is 27.4. The summed E-state index contributed by atoms with van der Waals surface area (Å²) in [5, 5.41) is 3.15. The van der Waals surface area contributed by atoms with Crippen LogP contribution in [0, 0.1) is 0 Å². The number of oxazole rings is 1. The summed E-state index contributed by atoms with van der Waals surface area (Å²) in [7, 11) is 0. The van der Waals surface area contributed by atoms with Crippen LogP contribution in [0.25, 0.3) is 11.3 Å². The van der Waals surface area contributed by atoms with Crippen LogP contribution in [0.15, 0.2) is 95.5 Å². The third-order valence-electron chi connectivity index (χ3n) is 5.14. The van der Waals surface area contributed by atoms with Crippen molar-refractivity contribution in [3.8, 4) is 17.1 Å². The number of carbonyl (C=O) groups excluding carboxylic acids is 1. The molecule has 0 saturated carbocycles. The summed E-state index contributed by atoms with van der Waals surface area (Å²) in [4.78, 5) is 17.1. The topological polar surface area (TPSA) is 64.4 Å². The highest BCUT2D eigenvalue weighted by atomic mass is 16.5. The van der Waals surface area contributed by atoms with Crippen LogP contribution < -0.4 is 10.1 Å². The highest BCUT2D eigenvalue weighted by Gasteiger charge is 2.17. The highest BCUT2D eigenvalue weighted by molar-refractivity contribution is 5.77. The molecule has 0 fully saturated rings. The lowest BCUT2D eigenvalue weighted by Crippen LogP contribution is -2.29. The van der Waals surface area contributed by atoms with Crippen molar-refractivity contribution < 1.29 is 13.9 Å². The molecule has 4 rings (SSSR count). The predicted molar refractivity (Wildman–Crippen MR) is 124 cm³/mol. The van der Waals surface area contributed by atoms with Gasteiger partial charge in [-0.3, -0.25) is 4.79 Å². The molecule has 0 unspecified atom stereocenters. The first-order valence-electron chi connectivity index (χ1n) is 10.8. The Bertz CT molecular complexity index is 1080. The fourth-order valence-electron chi connectivity index (χ4n) is 3.55. The number of carbonyl (C=O) groups is 1. The molecular weight excluding hydrogens is 400 g/mol. The van der Waals surface area contributed by atoms with E-state index >= 15 is 0 Å². The van der Waals surface area contributed by atoms with Crippen molar-refractivity contribution in [2.45, 2.75) is 25.8 Å². The van der Waals surface area contributed by atoms with Gasteiger partial charge in [0.2, 0.25) is 5.91 Å². The van der Waals surface area contributed by atoms with Gasteiger partial charge in [-0.1, -0.05) is 60.7 Å². The number of nitrogens with one attached hydrogen (secondary N) is 1. The molecule has 4 aromatic rings. The lowest BCUT2D eigenvalue weighted by Gasteiger charge is -2.19.